The lowest BCUT2D eigenvalue weighted by molar-refractivity contribution is 0.541. The van der Waals surface area contributed by atoms with Gasteiger partial charge in [0.25, 0.3) is 0 Å². The molecule has 0 bridgehead atoms. The van der Waals surface area contributed by atoms with Crippen molar-refractivity contribution >= 4 is 15.7 Å². The molecule has 0 aliphatic carbocycles. The van der Waals surface area contributed by atoms with Gasteiger partial charge in [0, 0.05) is 25.3 Å². The van der Waals surface area contributed by atoms with E-state index in [1.807, 2.05) is 31.2 Å². The average Bonchev–Trinajstić information content (AvgIpc) is 3.05. The van der Waals surface area contributed by atoms with Crippen LogP contribution in [0.5, 0.6) is 0 Å². The fraction of sp³-hybridized carbons (Fsp3) is 0.368. The Hall–Kier alpha value is -1.92. The van der Waals surface area contributed by atoms with Crippen LogP contribution in [-0.2, 0) is 15.8 Å². The van der Waals surface area contributed by atoms with Crippen LogP contribution in [0.15, 0.2) is 48.5 Å². The maximum atomic E-state index is 13.0. The topological polar surface area (TPSA) is 49.4 Å². The molecule has 0 amide bonds. The zero-order chi connectivity index (χ0) is 17.9. The number of nitrogens with zero attached hydrogens (tertiary/aromatic N) is 1. The van der Waals surface area contributed by atoms with Gasteiger partial charge < -0.3 is 4.90 Å². The minimum Gasteiger partial charge on any atom is -0.371 e. The number of nitrogens with one attached hydrogen (secondary N) is 1. The van der Waals surface area contributed by atoms with Gasteiger partial charge in [-0.2, -0.15) is 0 Å². The van der Waals surface area contributed by atoms with Crippen molar-refractivity contribution in [2.75, 3.05) is 24.5 Å². The van der Waals surface area contributed by atoms with Crippen LogP contribution in [0, 0.1) is 18.7 Å². The van der Waals surface area contributed by atoms with E-state index in [0.29, 0.717) is 6.54 Å². The van der Waals surface area contributed by atoms with Crippen LogP contribution in [0.2, 0.25) is 0 Å². The quantitative estimate of drug-likeness (QED) is 0.859. The zero-order valence-electron chi connectivity index (χ0n) is 14.3. The highest BCUT2D eigenvalue weighted by Gasteiger charge is 2.24. The second-order valence-electron chi connectivity index (χ2n) is 6.61. The standard InChI is InChI=1S/C19H23FN2O2S/c1-15-4-2-3-5-17(15)14-25(23,24)21-12-16-10-11-22(13-16)19-8-6-18(20)7-9-19/h2-9,16,21H,10-14H2,1H3. The molecule has 1 aliphatic heterocycles. The van der Waals surface area contributed by atoms with E-state index in [-0.39, 0.29) is 17.5 Å². The maximum absolute atomic E-state index is 13.0. The number of hydrogen-bond acceptors (Lipinski definition) is 3. The third kappa shape index (κ3) is 4.80. The van der Waals surface area contributed by atoms with Crippen LogP contribution < -0.4 is 9.62 Å². The molecule has 3 rings (SSSR count). The highest BCUT2D eigenvalue weighted by Crippen LogP contribution is 2.24. The van der Waals surface area contributed by atoms with Crippen LogP contribution >= 0.6 is 0 Å². The SMILES string of the molecule is Cc1ccccc1CS(=O)(=O)NCC1CCN(c2ccc(F)cc2)C1. The van der Waals surface area contributed by atoms with Crippen molar-refractivity contribution < 1.29 is 12.8 Å². The molecule has 4 nitrogen and oxygen atoms in total. The monoisotopic (exact) mass is 362 g/mol. The Balaban J connectivity index is 1.53. The van der Waals surface area contributed by atoms with Gasteiger partial charge in [-0.05, 0) is 54.7 Å². The average molecular weight is 362 g/mol. The Bertz CT molecular complexity index is 822. The normalized spacial score (nSPS) is 17.8. The van der Waals surface area contributed by atoms with Gasteiger partial charge in [0.2, 0.25) is 10.0 Å². The second-order valence-corrected chi connectivity index (χ2v) is 8.42. The molecular weight excluding hydrogens is 339 g/mol. The van der Waals surface area contributed by atoms with E-state index in [9.17, 15) is 12.8 Å². The molecule has 0 spiro atoms. The number of aryl methyl sites for hydroxylation is 1. The summed E-state index contributed by atoms with van der Waals surface area (Å²) in [5.41, 5.74) is 2.79. The number of halogens is 1. The first kappa shape index (κ1) is 17.9. The first-order valence-corrected chi connectivity index (χ1v) is 10.1. The van der Waals surface area contributed by atoms with Crippen LogP contribution in [0.4, 0.5) is 10.1 Å². The van der Waals surface area contributed by atoms with Gasteiger partial charge in [0.1, 0.15) is 5.82 Å². The van der Waals surface area contributed by atoms with E-state index < -0.39 is 10.0 Å². The number of rotatable bonds is 6. The van der Waals surface area contributed by atoms with Crippen molar-refractivity contribution in [2.24, 2.45) is 5.92 Å². The second kappa shape index (κ2) is 7.54. The lowest BCUT2D eigenvalue weighted by Gasteiger charge is -2.19. The van der Waals surface area contributed by atoms with Gasteiger partial charge in [-0.1, -0.05) is 24.3 Å². The molecule has 134 valence electrons. The van der Waals surface area contributed by atoms with Gasteiger partial charge in [-0.3, -0.25) is 0 Å². The van der Waals surface area contributed by atoms with Crippen LogP contribution in [-0.4, -0.2) is 28.1 Å². The third-order valence-electron chi connectivity index (χ3n) is 4.68. The van der Waals surface area contributed by atoms with Gasteiger partial charge in [0.15, 0.2) is 0 Å². The lowest BCUT2D eigenvalue weighted by atomic mass is 10.1. The highest BCUT2D eigenvalue weighted by molar-refractivity contribution is 7.88. The fourth-order valence-electron chi connectivity index (χ4n) is 3.16. The van der Waals surface area contributed by atoms with Crippen molar-refractivity contribution in [1.82, 2.24) is 4.72 Å². The summed E-state index contributed by atoms with van der Waals surface area (Å²) in [7, 11) is -3.35. The van der Waals surface area contributed by atoms with Gasteiger partial charge >= 0.3 is 0 Å². The van der Waals surface area contributed by atoms with Crippen molar-refractivity contribution in [3.63, 3.8) is 0 Å². The molecule has 2 aromatic rings. The maximum Gasteiger partial charge on any atom is 0.215 e. The summed E-state index contributed by atoms with van der Waals surface area (Å²) in [6.07, 6.45) is 0.921. The van der Waals surface area contributed by atoms with Crippen molar-refractivity contribution in [1.29, 1.82) is 0 Å². The summed E-state index contributed by atoms with van der Waals surface area (Å²) in [6, 6.07) is 14.0. The number of benzene rings is 2. The first-order valence-electron chi connectivity index (χ1n) is 8.45. The van der Waals surface area contributed by atoms with E-state index in [0.717, 1.165) is 36.3 Å². The van der Waals surface area contributed by atoms with E-state index in [2.05, 4.69) is 9.62 Å². The summed E-state index contributed by atoms with van der Waals surface area (Å²) < 4.78 is 40.4. The lowest BCUT2D eigenvalue weighted by Crippen LogP contribution is -2.32. The molecule has 1 N–H and O–H groups in total. The minimum absolute atomic E-state index is 0.00801. The Morgan fingerprint density at radius 3 is 2.60 bits per heavy atom. The molecule has 0 aromatic heterocycles. The smallest absolute Gasteiger partial charge is 0.215 e. The Morgan fingerprint density at radius 2 is 1.88 bits per heavy atom. The molecule has 1 unspecified atom stereocenters. The predicted molar refractivity (Wildman–Crippen MR) is 98.5 cm³/mol. The first-order chi connectivity index (χ1) is 11.9. The molecule has 1 fully saturated rings. The third-order valence-corrected chi connectivity index (χ3v) is 5.97. The van der Waals surface area contributed by atoms with Crippen molar-refractivity contribution in [3.8, 4) is 0 Å². The molecule has 0 radical (unpaired) electrons. The minimum atomic E-state index is -3.35. The summed E-state index contributed by atoms with van der Waals surface area (Å²) in [4.78, 5) is 2.17. The van der Waals surface area contributed by atoms with Crippen LogP contribution in [0.25, 0.3) is 0 Å². The van der Waals surface area contributed by atoms with Crippen molar-refractivity contribution in [3.05, 3.63) is 65.5 Å². The Morgan fingerprint density at radius 1 is 1.16 bits per heavy atom. The summed E-state index contributed by atoms with van der Waals surface area (Å²) in [5, 5.41) is 0. The fourth-order valence-corrected chi connectivity index (χ4v) is 4.48. The summed E-state index contributed by atoms with van der Waals surface area (Å²) in [5.74, 6) is 0.0220. The molecule has 1 atom stereocenters. The van der Waals surface area contributed by atoms with Crippen LogP contribution in [0.3, 0.4) is 0 Å². The molecule has 1 aliphatic rings. The number of sulfonamides is 1. The highest BCUT2D eigenvalue weighted by atomic mass is 32.2. The molecule has 1 saturated heterocycles. The van der Waals surface area contributed by atoms with E-state index >= 15 is 0 Å². The Labute approximate surface area is 148 Å². The zero-order valence-corrected chi connectivity index (χ0v) is 15.1. The van der Waals surface area contributed by atoms with Gasteiger partial charge in [-0.15, -0.1) is 0 Å². The molecule has 1 heterocycles. The number of hydrogen-bond donors (Lipinski definition) is 1. The van der Waals surface area contributed by atoms with E-state index in [1.165, 1.54) is 12.1 Å². The molecular formula is C19H23FN2O2S. The summed E-state index contributed by atoms with van der Waals surface area (Å²) in [6.45, 7) is 3.99. The van der Waals surface area contributed by atoms with Gasteiger partial charge in [-0.25, -0.2) is 17.5 Å². The van der Waals surface area contributed by atoms with Gasteiger partial charge in [0.05, 0.1) is 5.75 Å². The van der Waals surface area contributed by atoms with E-state index in [4.69, 9.17) is 0 Å². The molecule has 25 heavy (non-hydrogen) atoms. The molecule has 0 saturated carbocycles. The predicted octanol–water partition coefficient (Wildman–Crippen LogP) is 3.08. The van der Waals surface area contributed by atoms with E-state index in [1.54, 1.807) is 12.1 Å². The number of anilines is 1. The molecule has 6 heteroatoms. The molecule has 2 aromatic carbocycles. The van der Waals surface area contributed by atoms with Crippen molar-refractivity contribution in [2.45, 2.75) is 19.1 Å². The largest absolute Gasteiger partial charge is 0.371 e. The van der Waals surface area contributed by atoms with Crippen LogP contribution in [0.1, 0.15) is 17.5 Å². The summed E-state index contributed by atoms with van der Waals surface area (Å²) >= 11 is 0. The Kier molecular flexibility index (Phi) is 5.39.